The first kappa shape index (κ1) is 18.2. The lowest BCUT2D eigenvalue weighted by atomic mass is 10.1. The highest BCUT2D eigenvalue weighted by atomic mass is 35.5. The highest BCUT2D eigenvalue weighted by Crippen LogP contribution is 2.30. The molecular weight excluding hydrogens is 407 g/mol. The molecular formula is C16H12ClFN8OS. The van der Waals surface area contributed by atoms with Crippen LogP contribution < -0.4 is 5.32 Å². The minimum absolute atomic E-state index is 0.0325. The first-order chi connectivity index (χ1) is 13.4. The topological polar surface area (TPSA) is 114 Å². The number of H-pyrrole nitrogens is 1. The van der Waals surface area contributed by atoms with E-state index >= 15 is 0 Å². The molecule has 0 bridgehead atoms. The van der Waals surface area contributed by atoms with E-state index in [4.69, 9.17) is 11.6 Å². The SMILES string of the molecule is Cc1sc(-n2cnnn2)c(C(=O)Nc2n[nH]c(-c3ccc(F)c(Cl)c3)n2)c1C. The Labute approximate surface area is 166 Å². The number of thiophene rings is 1. The Morgan fingerprint density at radius 2 is 2.18 bits per heavy atom. The molecule has 0 aliphatic rings. The van der Waals surface area contributed by atoms with E-state index in [2.05, 4.69) is 36.0 Å². The van der Waals surface area contributed by atoms with Gasteiger partial charge in [-0.2, -0.15) is 9.67 Å². The van der Waals surface area contributed by atoms with E-state index < -0.39 is 11.7 Å². The van der Waals surface area contributed by atoms with Gasteiger partial charge in [-0.25, -0.2) is 4.39 Å². The number of benzene rings is 1. The molecule has 0 spiro atoms. The molecule has 12 heteroatoms. The lowest BCUT2D eigenvalue weighted by Gasteiger charge is -2.04. The number of nitrogens with one attached hydrogen (secondary N) is 2. The molecule has 4 rings (SSSR count). The van der Waals surface area contributed by atoms with Gasteiger partial charge in [0.25, 0.3) is 5.91 Å². The molecule has 0 unspecified atom stereocenters. The highest BCUT2D eigenvalue weighted by molar-refractivity contribution is 7.15. The lowest BCUT2D eigenvalue weighted by molar-refractivity contribution is 0.102. The number of nitrogens with zero attached hydrogens (tertiary/aromatic N) is 6. The average Bonchev–Trinajstić information content (AvgIpc) is 3.39. The molecule has 9 nitrogen and oxygen atoms in total. The Morgan fingerprint density at radius 1 is 1.36 bits per heavy atom. The van der Waals surface area contributed by atoms with Crippen LogP contribution >= 0.6 is 22.9 Å². The molecule has 0 fully saturated rings. The number of aromatic nitrogens is 7. The van der Waals surface area contributed by atoms with Crippen molar-refractivity contribution in [3.63, 3.8) is 0 Å². The van der Waals surface area contributed by atoms with Gasteiger partial charge in [0, 0.05) is 10.4 Å². The summed E-state index contributed by atoms with van der Waals surface area (Å²) in [6.45, 7) is 3.76. The van der Waals surface area contributed by atoms with Crippen LogP contribution in [0.25, 0.3) is 16.4 Å². The lowest BCUT2D eigenvalue weighted by Crippen LogP contribution is -2.16. The summed E-state index contributed by atoms with van der Waals surface area (Å²) in [5, 5.41) is 21.0. The Kier molecular flexibility index (Phi) is 4.61. The van der Waals surface area contributed by atoms with Gasteiger partial charge in [0.1, 0.15) is 17.1 Å². The van der Waals surface area contributed by atoms with E-state index in [1.54, 1.807) is 0 Å². The maximum Gasteiger partial charge on any atom is 0.261 e. The van der Waals surface area contributed by atoms with Crippen molar-refractivity contribution in [3.8, 4) is 16.4 Å². The van der Waals surface area contributed by atoms with Crippen molar-refractivity contribution in [3.05, 3.63) is 51.4 Å². The largest absolute Gasteiger partial charge is 0.289 e. The van der Waals surface area contributed by atoms with Crippen LogP contribution in [0.15, 0.2) is 24.5 Å². The summed E-state index contributed by atoms with van der Waals surface area (Å²) in [6, 6.07) is 4.16. The molecule has 0 saturated carbocycles. The van der Waals surface area contributed by atoms with Crippen molar-refractivity contribution in [2.24, 2.45) is 0 Å². The summed E-state index contributed by atoms with van der Waals surface area (Å²) in [6.07, 6.45) is 1.42. The van der Waals surface area contributed by atoms with Crippen molar-refractivity contribution in [2.45, 2.75) is 13.8 Å². The van der Waals surface area contributed by atoms with E-state index in [1.807, 2.05) is 13.8 Å². The van der Waals surface area contributed by atoms with Crippen LogP contribution in [0.4, 0.5) is 10.3 Å². The third-order valence-corrected chi connectivity index (χ3v) is 5.54. The Bertz CT molecular complexity index is 1170. The standard InChI is InChI=1S/C16H12ClFN8OS/c1-7-8(2)28-15(26-6-19-24-25-26)12(7)14(27)21-16-20-13(22-23-16)9-3-4-11(18)10(17)5-9/h3-6H,1-2H3,(H2,20,21,22,23,27). The predicted octanol–water partition coefficient (Wildman–Crippen LogP) is 3.17. The van der Waals surface area contributed by atoms with Gasteiger partial charge in [-0.15, -0.1) is 21.5 Å². The Morgan fingerprint density at radius 3 is 2.89 bits per heavy atom. The fraction of sp³-hybridized carbons (Fsp3) is 0.125. The molecule has 142 valence electrons. The van der Waals surface area contributed by atoms with Crippen molar-refractivity contribution < 1.29 is 9.18 Å². The number of hydrogen-bond acceptors (Lipinski definition) is 7. The number of carbonyl (C=O) groups is 1. The summed E-state index contributed by atoms with van der Waals surface area (Å²) in [5.74, 6) is -0.505. The van der Waals surface area contributed by atoms with E-state index in [-0.39, 0.29) is 11.0 Å². The Hall–Kier alpha value is -3.18. The molecule has 0 radical (unpaired) electrons. The number of anilines is 1. The third kappa shape index (κ3) is 3.25. The molecule has 1 amide bonds. The zero-order chi connectivity index (χ0) is 19.8. The second-order valence-electron chi connectivity index (χ2n) is 5.81. The van der Waals surface area contributed by atoms with Gasteiger partial charge in [-0.3, -0.25) is 15.2 Å². The van der Waals surface area contributed by atoms with Crippen molar-refractivity contribution in [1.82, 2.24) is 35.4 Å². The van der Waals surface area contributed by atoms with Crippen LogP contribution in [-0.2, 0) is 0 Å². The van der Waals surface area contributed by atoms with Crippen molar-refractivity contribution >= 4 is 34.8 Å². The zero-order valence-corrected chi connectivity index (χ0v) is 16.1. The number of amides is 1. The minimum Gasteiger partial charge on any atom is -0.289 e. The summed E-state index contributed by atoms with van der Waals surface area (Å²) in [5.41, 5.74) is 1.79. The first-order valence-corrected chi connectivity index (χ1v) is 9.16. The Balaban J connectivity index is 1.62. The molecule has 4 aromatic rings. The summed E-state index contributed by atoms with van der Waals surface area (Å²) in [7, 11) is 0. The van der Waals surface area contributed by atoms with Crippen LogP contribution in [0.2, 0.25) is 5.02 Å². The number of halogens is 2. The van der Waals surface area contributed by atoms with Gasteiger partial charge in [0.15, 0.2) is 5.82 Å². The molecule has 3 heterocycles. The fourth-order valence-corrected chi connectivity index (χ4v) is 3.80. The second kappa shape index (κ2) is 7.09. The van der Waals surface area contributed by atoms with Crippen LogP contribution in [0.1, 0.15) is 20.8 Å². The van der Waals surface area contributed by atoms with Crippen molar-refractivity contribution in [1.29, 1.82) is 0 Å². The average molecular weight is 419 g/mol. The summed E-state index contributed by atoms with van der Waals surface area (Å²) >= 11 is 7.20. The number of hydrogen-bond donors (Lipinski definition) is 2. The summed E-state index contributed by atoms with van der Waals surface area (Å²) in [4.78, 5) is 18.0. The minimum atomic E-state index is -0.531. The quantitative estimate of drug-likeness (QED) is 0.526. The maximum atomic E-state index is 13.3. The van der Waals surface area contributed by atoms with Crippen LogP contribution in [0.3, 0.4) is 0 Å². The molecule has 3 aromatic heterocycles. The van der Waals surface area contributed by atoms with Crippen LogP contribution in [-0.4, -0.2) is 41.3 Å². The van der Waals surface area contributed by atoms with Crippen LogP contribution in [0, 0.1) is 19.7 Å². The molecule has 0 atom stereocenters. The van der Waals surface area contributed by atoms with Gasteiger partial charge >= 0.3 is 0 Å². The monoisotopic (exact) mass is 418 g/mol. The smallest absolute Gasteiger partial charge is 0.261 e. The first-order valence-electron chi connectivity index (χ1n) is 7.96. The van der Waals surface area contributed by atoms with Gasteiger partial charge in [-0.1, -0.05) is 11.6 Å². The number of carbonyl (C=O) groups excluding carboxylic acids is 1. The maximum absolute atomic E-state index is 13.3. The van der Waals surface area contributed by atoms with E-state index in [9.17, 15) is 9.18 Å². The van der Waals surface area contributed by atoms with Gasteiger partial charge in [0.05, 0.1) is 10.6 Å². The predicted molar refractivity (Wildman–Crippen MR) is 101 cm³/mol. The number of aryl methyl sites for hydroxylation is 1. The van der Waals surface area contributed by atoms with Gasteiger partial charge < -0.3 is 0 Å². The van der Waals surface area contributed by atoms with Crippen molar-refractivity contribution in [2.75, 3.05) is 5.32 Å². The molecule has 2 N–H and O–H groups in total. The highest BCUT2D eigenvalue weighted by Gasteiger charge is 2.23. The molecule has 28 heavy (non-hydrogen) atoms. The van der Waals surface area contributed by atoms with E-state index in [0.29, 0.717) is 22.0 Å². The molecule has 1 aromatic carbocycles. The van der Waals surface area contributed by atoms with Gasteiger partial charge in [0.2, 0.25) is 5.95 Å². The molecule has 0 aliphatic carbocycles. The normalized spacial score (nSPS) is 11.0. The van der Waals surface area contributed by atoms with Gasteiger partial charge in [-0.05, 0) is 48.0 Å². The van der Waals surface area contributed by atoms with E-state index in [1.165, 1.54) is 40.5 Å². The van der Waals surface area contributed by atoms with Crippen LogP contribution in [0.5, 0.6) is 0 Å². The third-order valence-electron chi connectivity index (χ3n) is 4.05. The number of aromatic amines is 1. The van der Waals surface area contributed by atoms with E-state index in [0.717, 1.165) is 10.4 Å². The molecule has 0 aliphatic heterocycles. The zero-order valence-electron chi connectivity index (χ0n) is 14.6. The summed E-state index contributed by atoms with van der Waals surface area (Å²) < 4.78 is 14.8. The number of rotatable bonds is 4. The molecule has 0 saturated heterocycles. The fourth-order valence-electron chi connectivity index (χ4n) is 2.55. The second-order valence-corrected chi connectivity index (χ2v) is 7.42. The number of tetrazole rings is 1.